The van der Waals surface area contributed by atoms with Crippen LogP contribution in [0.1, 0.15) is 42.3 Å². The van der Waals surface area contributed by atoms with Crippen LogP contribution in [0.3, 0.4) is 0 Å². The lowest BCUT2D eigenvalue weighted by Crippen LogP contribution is -2.44. The molecule has 0 bridgehead atoms. The molecule has 0 saturated heterocycles. The van der Waals surface area contributed by atoms with Crippen molar-refractivity contribution in [1.29, 1.82) is 0 Å². The SMILES string of the molecule is CCNC(=O)c1cccc(CN=C(NCC)NCC(C)(O)c2ccsc2)c1. The van der Waals surface area contributed by atoms with Gasteiger partial charge in [-0.05, 0) is 60.9 Å². The van der Waals surface area contributed by atoms with Crippen molar-refractivity contribution in [2.45, 2.75) is 32.9 Å². The highest BCUT2D eigenvalue weighted by Crippen LogP contribution is 2.21. The number of rotatable bonds is 8. The molecule has 1 heterocycles. The number of carbonyl (C=O) groups excluding carboxylic acids is 1. The molecular weight excluding hydrogens is 360 g/mol. The van der Waals surface area contributed by atoms with Gasteiger partial charge in [-0.25, -0.2) is 4.99 Å². The lowest BCUT2D eigenvalue weighted by Gasteiger charge is -2.24. The summed E-state index contributed by atoms with van der Waals surface area (Å²) in [7, 11) is 0. The minimum atomic E-state index is -0.978. The highest BCUT2D eigenvalue weighted by Gasteiger charge is 2.23. The molecule has 0 spiro atoms. The minimum absolute atomic E-state index is 0.0832. The molecule has 27 heavy (non-hydrogen) atoms. The largest absolute Gasteiger partial charge is 0.384 e. The molecular formula is C20H28N4O2S. The van der Waals surface area contributed by atoms with E-state index in [1.54, 1.807) is 24.3 Å². The molecule has 0 radical (unpaired) electrons. The number of carbonyl (C=O) groups is 1. The summed E-state index contributed by atoms with van der Waals surface area (Å²) in [5.74, 6) is 0.539. The second-order valence-corrected chi connectivity index (χ2v) is 7.17. The Morgan fingerprint density at radius 3 is 2.63 bits per heavy atom. The van der Waals surface area contributed by atoms with Gasteiger partial charge in [0.2, 0.25) is 0 Å². The van der Waals surface area contributed by atoms with Crippen LogP contribution < -0.4 is 16.0 Å². The number of nitrogens with zero attached hydrogens (tertiary/aromatic N) is 1. The molecule has 0 fully saturated rings. The summed E-state index contributed by atoms with van der Waals surface area (Å²) < 4.78 is 0. The van der Waals surface area contributed by atoms with Gasteiger partial charge in [-0.1, -0.05) is 12.1 Å². The Kier molecular flexibility index (Phi) is 7.82. The van der Waals surface area contributed by atoms with Crippen molar-refractivity contribution >= 4 is 23.2 Å². The van der Waals surface area contributed by atoms with Gasteiger partial charge in [-0.15, -0.1) is 0 Å². The predicted octanol–water partition coefficient (Wildman–Crippen LogP) is 2.46. The Balaban J connectivity index is 2.03. The van der Waals surface area contributed by atoms with Crippen LogP contribution in [-0.2, 0) is 12.1 Å². The van der Waals surface area contributed by atoms with Gasteiger partial charge < -0.3 is 21.1 Å². The van der Waals surface area contributed by atoms with Gasteiger partial charge in [0.05, 0.1) is 13.1 Å². The standard InChI is InChI=1S/C20H28N4O2S/c1-4-21-18(25)16-8-6-7-15(11-16)12-23-19(22-5-2)24-14-20(3,26)17-9-10-27-13-17/h6-11,13,26H,4-5,12,14H2,1-3H3,(H,21,25)(H2,22,23,24). The number of amides is 1. The topological polar surface area (TPSA) is 85.8 Å². The average Bonchev–Trinajstić information content (AvgIpc) is 3.20. The molecule has 4 N–H and O–H groups in total. The van der Waals surface area contributed by atoms with Crippen LogP contribution in [0, 0.1) is 0 Å². The second-order valence-electron chi connectivity index (χ2n) is 6.39. The summed E-state index contributed by atoms with van der Waals surface area (Å²) in [6.07, 6.45) is 0. The summed E-state index contributed by atoms with van der Waals surface area (Å²) in [5, 5.41) is 23.7. The number of nitrogens with one attached hydrogen (secondary N) is 3. The Bertz CT molecular complexity index is 757. The number of benzene rings is 1. The van der Waals surface area contributed by atoms with Crippen LogP contribution in [0.2, 0.25) is 0 Å². The zero-order valence-electron chi connectivity index (χ0n) is 16.1. The van der Waals surface area contributed by atoms with Crippen molar-refractivity contribution in [2.24, 2.45) is 4.99 Å². The molecule has 0 aliphatic heterocycles. The first-order chi connectivity index (χ1) is 13.0. The van der Waals surface area contributed by atoms with E-state index in [9.17, 15) is 9.90 Å². The molecule has 0 aliphatic carbocycles. The number of thiophene rings is 1. The Morgan fingerprint density at radius 1 is 1.19 bits per heavy atom. The number of hydrogen-bond donors (Lipinski definition) is 4. The fourth-order valence-electron chi connectivity index (χ4n) is 2.51. The summed E-state index contributed by atoms with van der Waals surface area (Å²) in [6.45, 7) is 7.75. The number of aliphatic imine (C=N–C) groups is 1. The van der Waals surface area contributed by atoms with Crippen molar-refractivity contribution in [3.05, 3.63) is 57.8 Å². The lowest BCUT2D eigenvalue weighted by molar-refractivity contribution is 0.0621. The van der Waals surface area contributed by atoms with E-state index in [1.807, 2.05) is 48.9 Å². The molecule has 0 saturated carbocycles. The van der Waals surface area contributed by atoms with Crippen molar-refractivity contribution in [3.8, 4) is 0 Å². The van der Waals surface area contributed by atoms with Gasteiger partial charge in [0.1, 0.15) is 5.60 Å². The Hall–Kier alpha value is -2.38. The van der Waals surface area contributed by atoms with E-state index in [4.69, 9.17) is 0 Å². The molecule has 1 aromatic carbocycles. The molecule has 146 valence electrons. The van der Waals surface area contributed by atoms with Crippen molar-refractivity contribution in [2.75, 3.05) is 19.6 Å². The highest BCUT2D eigenvalue weighted by molar-refractivity contribution is 7.08. The normalized spacial score (nSPS) is 13.7. The lowest BCUT2D eigenvalue weighted by atomic mass is 9.99. The molecule has 1 unspecified atom stereocenters. The Morgan fingerprint density at radius 2 is 1.96 bits per heavy atom. The first-order valence-corrected chi connectivity index (χ1v) is 10.0. The molecule has 1 aromatic heterocycles. The molecule has 2 aromatic rings. The molecule has 2 rings (SSSR count). The smallest absolute Gasteiger partial charge is 0.251 e. The summed E-state index contributed by atoms with van der Waals surface area (Å²) >= 11 is 1.56. The summed E-state index contributed by atoms with van der Waals surface area (Å²) in [6, 6.07) is 9.36. The monoisotopic (exact) mass is 388 g/mol. The molecule has 1 amide bonds. The maximum atomic E-state index is 12.0. The number of aliphatic hydroxyl groups is 1. The van der Waals surface area contributed by atoms with E-state index in [0.29, 0.717) is 37.7 Å². The third-order valence-corrected chi connectivity index (χ3v) is 4.72. The van der Waals surface area contributed by atoms with Crippen LogP contribution >= 0.6 is 11.3 Å². The van der Waals surface area contributed by atoms with Crippen molar-refractivity contribution in [3.63, 3.8) is 0 Å². The van der Waals surface area contributed by atoms with E-state index < -0.39 is 5.60 Å². The van der Waals surface area contributed by atoms with Gasteiger partial charge >= 0.3 is 0 Å². The van der Waals surface area contributed by atoms with Gasteiger partial charge in [-0.2, -0.15) is 11.3 Å². The maximum Gasteiger partial charge on any atom is 0.251 e. The van der Waals surface area contributed by atoms with Gasteiger partial charge in [0, 0.05) is 18.7 Å². The fourth-order valence-corrected chi connectivity index (χ4v) is 3.30. The third-order valence-electron chi connectivity index (χ3n) is 4.03. The van der Waals surface area contributed by atoms with Crippen LogP contribution in [0.15, 0.2) is 46.1 Å². The molecule has 1 atom stereocenters. The third kappa shape index (κ3) is 6.37. The van der Waals surface area contributed by atoms with Crippen LogP contribution in [0.5, 0.6) is 0 Å². The Labute approximate surface area is 164 Å². The highest BCUT2D eigenvalue weighted by atomic mass is 32.1. The summed E-state index contributed by atoms with van der Waals surface area (Å²) in [5.41, 5.74) is 1.47. The van der Waals surface area contributed by atoms with E-state index in [1.165, 1.54) is 0 Å². The zero-order valence-corrected chi connectivity index (χ0v) is 16.9. The average molecular weight is 389 g/mol. The van der Waals surface area contributed by atoms with Crippen molar-refractivity contribution < 1.29 is 9.90 Å². The minimum Gasteiger partial charge on any atom is -0.384 e. The van der Waals surface area contributed by atoms with E-state index in [0.717, 1.165) is 11.1 Å². The first-order valence-electron chi connectivity index (χ1n) is 9.10. The van der Waals surface area contributed by atoms with Crippen LogP contribution in [-0.4, -0.2) is 36.6 Å². The van der Waals surface area contributed by atoms with Crippen LogP contribution in [0.25, 0.3) is 0 Å². The zero-order chi connectivity index (χ0) is 19.7. The fraction of sp³-hybridized carbons (Fsp3) is 0.400. The predicted molar refractivity (Wildman–Crippen MR) is 111 cm³/mol. The van der Waals surface area contributed by atoms with Gasteiger partial charge in [-0.3, -0.25) is 4.79 Å². The van der Waals surface area contributed by atoms with Gasteiger partial charge in [0.15, 0.2) is 5.96 Å². The van der Waals surface area contributed by atoms with E-state index in [-0.39, 0.29) is 5.91 Å². The maximum absolute atomic E-state index is 12.0. The second kappa shape index (κ2) is 10.1. The first kappa shape index (κ1) is 20.9. The number of guanidine groups is 1. The molecule has 6 nitrogen and oxygen atoms in total. The van der Waals surface area contributed by atoms with Gasteiger partial charge in [0.25, 0.3) is 5.91 Å². The molecule has 0 aliphatic rings. The summed E-state index contributed by atoms with van der Waals surface area (Å²) in [4.78, 5) is 16.5. The van der Waals surface area contributed by atoms with Crippen molar-refractivity contribution in [1.82, 2.24) is 16.0 Å². The van der Waals surface area contributed by atoms with Crippen LogP contribution in [0.4, 0.5) is 0 Å². The molecule has 7 heteroatoms. The quantitative estimate of drug-likeness (QED) is 0.413. The number of hydrogen-bond acceptors (Lipinski definition) is 4. The van der Waals surface area contributed by atoms with E-state index in [2.05, 4.69) is 20.9 Å². The van der Waals surface area contributed by atoms with E-state index >= 15 is 0 Å².